The van der Waals surface area contributed by atoms with Crippen molar-refractivity contribution in [3.63, 3.8) is 0 Å². The van der Waals surface area contributed by atoms with E-state index >= 15 is 0 Å². The summed E-state index contributed by atoms with van der Waals surface area (Å²) in [6, 6.07) is 0. The van der Waals surface area contributed by atoms with Crippen molar-refractivity contribution < 1.29 is 9.84 Å². The van der Waals surface area contributed by atoms with Crippen LogP contribution in [-0.4, -0.2) is 23.4 Å². The molecule has 0 amide bonds. The minimum Gasteiger partial charge on any atom is -0.390 e. The van der Waals surface area contributed by atoms with Gasteiger partial charge in [0.25, 0.3) is 0 Å². The fourth-order valence-electron chi connectivity index (χ4n) is 4.02. The van der Waals surface area contributed by atoms with Gasteiger partial charge < -0.3 is 9.84 Å². The van der Waals surface area contributed by atoms with Gasteiger partial charge in [0.05, 0.1) is 18.3 Å². The van der Waals surface area contributed by atoms with Gasteiger partial charge in [-0.2, -0.15) is 0 Å². The first-order valence-corrected chi connectivity index (χ1v) is 7.16. The molecule has 0 heterocycles. The minimum atomic E-state index is -0.319. The smallest absolute Gasteiger partial charge is 0.0809 e. The zero-order chi connectivity index (χ0) is 12.8. The van der Waals surface area contributed by atoms with Crippen molar-refractivity contribution in [3.8, 4) is 0 Å². The lowest BCUT2D eigenvalue weighted by Gasteiger charge is -2.40. The maximum absolute atomic E-state index is 9.85. The fourth-order valence-corrected chi connectivity index (χ4v) is 4.02. The molecule has 0 aromatic heterocycles. The van der Waals surface area contributed by atoms with Crippen LogP contribution in [0.25, 0.3) is 0 Å². The molecule has 2 aliphatic carbocycles. The van der Waals surface area contributed by atoms with E-state index in [1.165, 1.54) is 19.3 Å². The van der Waals surface area contributed by atoms with Crippen LogP contribution in [0.1, 0.15) is 60.3 Å². The average molecular weight is 240 g/mol. The first-order valence-electron chi connectivity index (χ1n) is 7.16. The van der Waals surface area contributed by atoms with Crippen molar-refractivity contribution in [2.24, 2.45) is 16.7 Å². The fraction of sp³-hybridized carbons (Fsp3) is 1.00. The molecule has 2 saturated carbocycles. The number of aliphatic hydroxyl groups is 1. The molecule has 1 N–H and O–H groups in total. The Hall–Kier alpha value is -0.0800. The molecule has 5 unspecified atom stereocenters. The predicted octanol–water partition coefficient (Wildman–Crippen LogP) is 3.38. The van der Waals surface area contributed by atoms with Crippen molar-refractivity contribution in [3.05, 3.63) is 0 Å². The molecule has 0 aromatic carbocycles. The highest BCUT2D eigenvalue weighted by Gasteiger charge is 2.62. The van der Waals surface area contributed by atoms with Gasteiger partial charge in [-0.15, -0.1) is 0 Å². The summed E-state index contributed by atoms with van der Waals surface area (Å²) >= 11 is 0. The van der Waals surface area contributed by atoms with Gasteiger partial charge in [-0.25, -0.2) is 0 Å². The van der Waals surface area contributed by atoms with Crippen molar-refractivity contribution >= 4 is 0 Å². The Labute approximate surface area is 106 Å². The van der Waals surface area contributed by atoms with Gasteiger partial charge in [-0.3, -0.25) is 0 Å². The Bertz CT molecular complexity index is 287. The molecular formula is C15H28O2. The molecule has 0 spiro atoms. The Morgan fingerprint density at radius 1 is 1.35 bits per heavy atom. The van der Waals surface area contributed by atoms with Gasteiger partial charge in [0, 0.05) is 0 Å². The van der Waals surface area contributed by atoms with Gasteiger partial charge >= 0.3 is 0 Å². The molecule has 2 bridgehead atoms. The number of hydrogen-bond acceptors (Lipinski definition) is 2. The number of aliphatic hydroxyl groups excluding tert-OH is 1. The highest BCUT2D eigenvalue weighted by Crippen LogP contribution is 2.66. The molecule has 17 heavy (non-hydrogen) atoms. The average Bonchev–Trinajstić information content (AvgIpc) is 2.60. The van der Waals surface area contributed by atoms with Gasteiger partial charge in [0.15, 0.2) is 0 Å². The highest BCUT2D eigenvalue weighted by atomic mass is 16.5. The molecule has 2 aliphatic rings. The number of fused-ring (bicyclic) bond motifs is 2. The van der Waals surface area contributed by atoms with E-state index in [0.717, 1.165) is 12.3 Å². The normalized spacial score (nSPS) is 42.7. The molecule has 100 valence electrons. The highest BCUT2D eigenvalue weighted by molar-refractivity contribution is 5.11. The van der Waals surface area contributed by atoms with Crippen LogP contribution in [0.5, 0.6) is 0 Å². The second kappa shape index (κ2) is 4.24. The van der Waals surface area contributed by atoms with Gasteiger partial charge in [0.1, 0.15) is 0 Å². The number of ether oxygens (including phenoxy) is 1. The summed E-state index contributed by atoms with van der Waals surface area (Å²) in [7, 11) is 0. The van der Waals surface area contributed by atoms with Crippen molar-refractivity contribution in [1.82, 2.24) is 0 Å². The van der Waals surface area contributed by atoms with E-state index in [9.17, 15) is 5.11 Å². The molecule has 5 atom stereocenters. The SMILES string of the molecule is CCC(O)C(C)OC1CC2CCC1(C)C2(C)C. The van der Waals surface area contributed by atoms with E-state index in [0.29, 0.717) is 16.9 Å². The number of rotatable bonds is 4. The quantitative estimate of drug-likeness (QED) is 0.816. The third-order valence-corrected chi connectivity index (χ3v) is 6.05. The summed E-state index contributed by atoms with van der Waals surface area (Å²) in [5.74, 6) is 0.809. The van der Waals surface area contributed by atoms with Crippen LogP contribution in [0.15, 0.2) is 0 Å². The van der Waals surface area contributed by atoms with Gasteiger partial charge in [-0.05, 0) is 49.4 Å². The van der Waals surface area contributed by atoms with Crippen LogP contribution in [0.4, 0.5) is 0 Å². The molecular weight excluding hydrogens is 212 g/mol. The van der Waals surface area contributed by atoms with Crippen molar-refractivity contribution in [2.45, 2.75) is 78.6 Å². The van der Waals surface area contributed by atoms with E-state index < -0.39 is 0 Å². The van der Waals surface area contributed by atoms with Crippen LogP contribution in [0.2, 0.25) is 0 Å². The summed E-state index contributed by atoms with van der Waals surface area (Å²) in [5, 5.41) is 9.85. The third kappa shape index (κ3) is 1.84. The summed E-state index contributed by atoms with van der Waals surface area (Å²) < 4.78 is 6.19. The zero-order valence-electron chi connectivity index (χ0n) is 12.0. The maximum atomic E-state index is 9.85. The second-order valence-corrected chi connectivity index (χ2v) is 6.92. The van der Waals surface area contributed by atoms with E-state index in [4.69, 9.17) is 4.74 Å². The van der Waals surface area contributed by atoms with E-state index in [1.807, 2.05) is 13.8 Å². The Morgan fingerprint density at radius 3 is 2.41 bits per heavy atom. The summed E-state index contributed by atoms with van der Waals surface area (Å²) in [6.07, 6.45) is 4.59. The molecule has 2 heteroatoms. The topological polar surface area (TPSA) is 29.5 Å². The lowest BCUT2D eigenvalue weighted by Crippen LogP contribution is -2.41. The first-order chi connectivity index (χ1) is 7.83. The van der Waals surface area contributed by atoms with Crippen LogP contribution >= 0.6 is 0 Å². The lowest BCUT2D eigenvalue weighted by atomic mass is 9.70. The third-order valence-electron chi connectivity index (χ3n) is 6.05. The van der Waals surface area contributed by atoms with E-state index in [-0.39, 0.29) is 12.2 Å². The molecule has 2 fully saturated rings. The minimum absolute atomic E-state index is 0.0306. The van der Waals surface area contributed by atoms with E-state index in [2.05, 4.69) is 20.8 Å². The van der Waals surface area contributed by atoms with Crippen LogP contribution < -0.4 is 0 Å². The summed E-state index contributed by atoms with van der Waals surface area (Å²) in [5.41, 5.74) is 0.702. The number of hydrogen-bond donors (Lipinski definition) is 1. The Kier molecular flexibility index (Phi) is 3.33. The lowest BCUT2D eigenvalue weighted by molar-refractivity contribution is -0.117. The molecule has 2 nitrogen and oxygen atoms in total. The largest absolute Gasteiger partial charge is 0.390 e. The molecule has 2 rings (SSSR count). The molecule has 0 radical (unpaired) electrons. The molecule has 0 aliphatic heterocycles. The van der Waals surface area contributed by atoms with Gasteiger partial charge in [0.2, 0.25) is 0 Å². The van der Waals surface area contributed by atoms with Crippen molar-refractivity contribution in [2.75, 3.05) is 0 Å². The monoisotopic (exact) mass is 240 g/mol. The first kappa shape index (κ1) is 13.4. The molecule has 0 saturated heterocycles. The van der Waals surface area contributed by atoms with Crippen LogP contribution in [0, 0.1) is 16.7 Å². The summed E-state index contributed by atoms with van der Waals surface area (Å²) in [6.45, 7) is 11.2. The van der Waals surface area contributed by atoms with Gasteiger partial charge in [-0.1, -0.05) is 27.7 Å². The second-order valence-electron chi connectivity index (χ2n) is 6.92. The Balaban J connectivity index is 2.06. The maximum Gasteiger partial charge on any atom is 0.0809 e. The molecule has 0 aromatic rings. The summed E-state index contributed by atoms with van der Waals surface area (Å²) in [4.78, 5) is 0. The van der Waals surface area contributed by atoms with Crippen molar-refractivity contribution in [1.29, 1.82) is 0 Å². The van der Waals surface area contributed by atoms with E-state index in [1.54, 1.807) is 0 Å². The Morgan fingerprint density at radius 2 is 2.00 bits per heavy atom. The predicted molar refractivity (Wildman–Crippen MR) is 69.9 cm³/mol. The standard InChI is InChI=1S/C15H28O2/c1-6-12(16)10(2)17-13-9-11-7-8-15(13,5)14(11,3)4/h10-13,16H,6-9H2,1-5H3. The van der Waals surface area contributed by atoms with Crippen LogP contribution in [0.3, 0.4) is 0 Å². The zero-order valence-corrected chi connectivity index (χ0v) is 12.0. The van der Waals surface area contributed by atoms with Crippen LogP contribution in [-0.2, 0) is 4.74 Å².